The highest BCUT2D eigenvalue weighted by atomic mass is 32.1. The average Bonchev–Trinajstić information content (AvgIpc) is 3.21. The molecule has 1 fully saturated rings. The zero-order chi connectivity index (χ0) is 21.1. The van der Waals surface area contributed by atoms with Crippen LogP contribution < -0.4 is 5.32 Å². The van der Waals surface area contributed by atoms with Crippen LogP contribution in [0.2, 0.25) is 0 Å². The third-order valence-electron chi connectivity index (χ3n) is 5.31. The van der Waals surface area contributed by atoms with Gasteiger partial charge in [-0.1, -0.05) is 12.1 Å². The molecule has 7 heteroatoms. The Bertz CT molecular complexity index is 1040. The largest absolute Gasteiger partial charge is 0.339 e. The molecular weight excluding hydrogens is 401 g/mol. The number of aromatic nitrogens is 1. The molecule has 0 spiro atoms. The van der Waals surface area contributed by atoms with Gasteiger partial charge in [-0.05, 0) is 56.2 Å². The van der Waals surface area contributed by atoms with Crippen LogP contribution in [0.25, 0.3) is 11.3 Å². The quantitative estimate of drug-likeness (QED) is 0.659. The first-order valence-electron chi connectivity index (χ1n) is 9.88. The van der Waals surface area contributed by atoms with Gasteiger partial charge >= 0.3 is 0 Å². The van der Waals surface area contributed by atoms with Crippen molar-refractivity contribution < 1.29 is 14.0 Å². The number of amides is 2. The van der Waals surface area contributed by atoms with Crippen LogP contribution in [0.3, 0.4) is 0 Å². The minimum atomic E-state index is -0.364. The fraction of sp³-hybridized carbons (Fsp3) is 0.261. The van der Waals surface area contributed by atoms with Gasteiger partial charge < -0.3 is 10.2 Å². The summed E-state index contributed by atoms with van der Waals surface area (Å²) >= 11 is 1.61. The van der Waals surface area contributed by atoms with Crippen LogP contribution in [-0.2, 0) is 4.79 Å². The first-order valence-corrected chi connectivity index (χ1v) is 10.8. The molecule has 1 aromatic heterocycles. The maximum atomic E-state index is 13.0. The molecule has 1 aliphatic rings. The molecule has 0 unspecified atom stereocenters. The predicted molar refractivity (Wildman–Crippen MR) is 116 cm³/mol. The molecule has 3 aromatic rings. The number of piperidine rings is 1. The van der Waals surface area contributed by atoms with Crippen molar-refractivity contribution in [2.45, 2.75) is 19.8 Å². The number of hydrogen-bond acceptors (Lipinski definition) is 4. The van der Waals surface area contributed by atoms with E-state index in [1.54, 1.807) is 16.2 Å². The van der Waals surface area contributed by atoms with Gasteiger partial charge in [0.1, 0.15) is 5.82 Å². The van der Waals surface area contributed by atoms with Gasteiger partial charge in [-0.15, -0.1) is 11.3 Å². The normalized spacial score (nSPS) is 14.5. The van der Waals surface area contributed by atoms with Crippen molar-refractivity contribution >= 4 is 28.8 Å². The summed E-state index contributed by atoms with van der Waals surface area (Å²) in [5.41, 5.74) is 3.17. The molecule has 0 aliphatic carbocycles. The fourth-order valence-electron chi connectivity index (χ4n) is 3.58. The van der Waals surface area contributed by atoms with Gasteiger partial charge in [0.05, 0.1) is 10.7 Å². The van der Waals surface area contributed by atoms with E-state index >= 15 is 0 Å². The Labute approximate surface area is 178 Å². The lowest BCUT2D eigenvalue weighted by Gasteiger charge is -2.31. The van der Waals surface area contributed by atoms with E-state index in [-0.39, 0.29) is 23.5 Å². The van der Waals surface area contributed by atoms with Gasteiger partial charge in [0, 0.05) is 41.2 Å². The Hall–Kier alpha value is -3.06. The molecule has 0 saturated carbocycles. The molecule has 5 nitrogen and oxygen atoms in total. The van der Waals surface area contributed by atoms with Gasteiger partial charge in [-0.25, -0.2) is 9.37 Å². The van der Waals surface area contributed by atoms with Crippen molar-refractivity contribution in [1.82, 2.24) is 9.88 Å². The molecule has 0 bridgehead atoms. The molecule has 0 atom stereocenters. The first-order chi connectivity index (χ1) is 14.5. The highest BCUT2D eigenvalue weighted by molar-refractivity contribution is 7.09. The summed E-state index contributed by atoms with van der Waals surface area (Å²) in [4.78, 5) is 31.4. The molecule has 1 saturated heterocycles. The van der Waals surface area contributed by atoms with Crippen LogP contribution in [-0.4, -0.2) is 34.8 Å². The number of nitrogens with one attached hydrogen (secondary N) is 1. The molecule has 2 heterocycles. The number of aryl methyl sites for hydroxylation is 1. The highest BCUT2D eigenvalue weighted by Crippen LogP contribution is 2.25. The van der Waals surface area contributed by atoms with Crippen molar-refractivity contribution in [3.8, 4) is 11.3 Å². The number of thiazole rings is 1. The number of anilines is 1. The lowest BCUT2D eigenvalue weighted by molar-refractivity contribution is -0.121. The van der Waals surface area contributed by atoms with E-state index in [1.807, 2.05) is 36.6 Å². The Morgan fingerprint density at radius 2 is 1.73 bits per heavy atom. The second-order valence-corrected chi connectivity index (χ2v) is 8.45. The van der Waals surface area contributed by atoms with Crippen LogP contribution in [0, 0.1) is 18.7 Å². The van der Waals surface area contributed by atoms with Crippen molar-refractivity contribution in [2.75, 3.05) is 18.4 Å². The minimum Gasteiger partial charge on any atom is -0.339 e. The smallest absolute Gasteiger partial charge is 0.253 e. The molecule has 1 aliphatic heterocycles. The maximum absolute atomic E-state index is 13.0. The standard InChI is InChI=1S/C23H22FN3O2S/c1-15-25-21(14-30-15)16-4-8-20(9-5-16)26-22(28)17-10-12-27(13-11-17)23(29)18-2-6-19(24)7-3-18/h2-9,14,17H,10-13H2,1H3,(H,26,28). The summed E-state index contributed by atoms with van der Waals surface area (Å²) in [6, 6.07) is 13.2. The van der Waals surface area contributed by atoms with Crippen LogP contribution >= 0.6 is 11.3 Å². The van der Waals surface area contributed by atoms with Gasteiger partial charge in [0.15, 0.2) is 0 Å². The number of carbonyl (C=O) groups is 2. The topological polar surface area (TPSA) is 62.3 Å². The third-order valence-corrected chi connectivity index (χ3v) is 6.08. The van der Waals surface area contributed by atoms with Crippen molar-refractivity contribution in [3.63, 3.8) is 0 Å². The average molecular weight is 424 g/mol. The Kier molecular flexibility index (Phi) is 5.90. The van der Waals surface area contributed by atoms with E-state index in [2.05, 4.69) is 10.3 Å². The number of likely N-dealkylation sites (tertiary alicyclic amines) is 1. The zero-order valence-corrected chi connectivity index (χ0v) is 17.4. The number of benzene rings is 2. The van der Waals surface area contributed by atoms with E-state index in [4.69, 9.17) is 0 Å². The second-order valence-electron chi connectivity index (χ2n) is 7.39. The fourth-order valence-corrected chi connectivity index (χ4v) is 4.21. The molecule has 2 aromatic carbocycles. The summed E-state index contributed by atoms with van der Waals surface area (Å²) in [5.74, 6) is -0.650. The lowest BCUT2D eigenvalue weighted by Crippen LogP contribution is -2.41. The van der Waals surface area contributed by atoms with E-state index in [9.17, 15) is 14.0 Å². The first kappa shape index (κ1) is 20.2. The van der Waals surface area contributed by atoms with Crippen LogP contribution in [0.15, 0.2) is 53.9 Å². The van der Waals surface area contributed by atoms with Crippen LogP contribution in [0.1, 0.15) is 28.2 Å². The highest BCUT2D eigenvalue weighted by Gasteiger charge is 2.28. The number of nitrogens with zero attached hydrogens (tertiary/aromatic N) is 2. The zero-order valence-electron chi connectivity index (χ0n) is 16.6. The molecule has 30 heavy (non-hydrogen) atoms. The molecule has 0 radical (unpaired) electrons. The Balaban J connectivity index is 1.31. The van der Waals surface area contributed by atoms with Crippen molar-refractivity contribution in [1.29, 1.82) is 0 Å². The van der Waals surface area contributed by atoms with E-state index in [0.717, 1.165) is 22.0 Å². The van der Waals surface area contributed by atoms with E-state index in [0.29, 0.717) is 31.5 Å². The third kappa shape index (κ3) is 4.57. The lowest BCUT2D eigenvalue weighted by atomic mass is 9.95. The van der Waals surface area contributed by atoms with E-state index < -0.39 is 0 Å². The summed E-state index contributed by atoms with van der Waals surface area (Å²) in [6.45, 7) is 2.99. The summed E-state index contributed by atoms with van der Waals surface area (Å²) in [5, 5.41) is 6.01. The minimum absolute atomic E-state index is 0.0267. The maximum Gasteiger partial charge on any atom is 0.253 e. The summed E-state index contributed by atoms with van der Waals surface area (Å²) in [6.07, 6.45) is 1.21. The molecular formula is C23H22FN3O2S. The number of rotatable bonds is 4. The van der Waals surface area contributed by atoms with Gasteiger partial charge in [0.2, 0.25) is 5.91 Å². The van der Waals surface area contributed by atoms with E-state index in [1.165, 1.54) is 24.3 Å². The summed E-state index contributed by atoms with van der Waals surface area (Å²) in [7, 11) is 0. The molecule has 154 valence electrons. The monoisotopic (exact) mass is 423 g/mol. The molecule has 1 N–H and O–H groups in total. The van der Waals surface area contributed by atoms with Crippen LogP contribution in [0.4, 0.5) is 10.1 Å². The Morgan fingerprint density at radius 3 is 2.33 bits per heavy atom. The second kappa shape index (κ2) is 8.75. The van der Waals surface area contributed by atoms with Crippen LogP contribution in [0.5, 0.6) is 0 Å². The molecule has 2 amide bonds. The Morgan fingerprint density at radius 1 is 1.07 bits per heavy atom. The van der Waals surface area contributed by atoms with Gasteiger partial charge in [-0.3, -0.25) is 9.59 Å². The number of halogens is 1. The molecule has 4 rings (SSSR count). The van der Waals surface area contributed by atoms with Crippen molar-refractivity contribution in [3.05, 3.63) is 70.3 Å². The summed E-state index contributed by atoms with van der Waals surface area (Å²) < 4.78 is 13.0. The predicted octanol–water partition coefficient (Wildman–Crippen LogP) is 4.75. The SMILES string of the molecule is Cc1nc(-c2ccc(NC(=O)C3CCN(C(=O)c4ccc(F)cc4)CC3)cc2)cs1. The number of carbonyl (C=O) groups excluding carboxylic acids is 2. The van der Waals surface area contributed by atoms with Crippen molar-refractivity contribution in [2.24, 2.45) is 5.92 Å². The van der Waals surface area contributed by atoms with Gasteiger partial charge in [0.25, 0.3) is 5.91 Å². The number of hydrogen-bond donors (Lipinski definition) is 1. The van der Waals surface area contributed by atoms with Gasteiger partial charge in [-0.2, -0.15) is 0 Å².